The molecule has 3 rings (SSSR count). The van der Waals surface area contributed by atoms with Crippen LogP contribution in [0.3, 0.4) is 0 Å². The lowest BCUT2D eigenvalue weighted by atomic mass is 10.1. The highest BCUT2D eigenvalue weighted by molar-refractivity contribution is 9.11. The number of carbonyl (C=O) groups is 1. The Bertz CT molecular complexity index is 652. The molecular formula is C13H10Br2N4O. The number of benzene rings is 1. The number of hydrogen-bond donors (Lipinski definition) is 2. The number of para-hydroxylation sites is 1. The zero-order valence-electron chi connectivity index (χ0n) is 10.2. The van der Waals surface area contributed by atoms with E-state index in [1.54, 1.807) is 0 Å². The van der Waals surface area contributed by atoms with Crippen LogP contribution in [0.15, 0.2) is 39.7 Å². The summed E-state index contributed by atoms with van der Waals surface area (Å²) in [5, 5.41) is 5.97. The van der Waals surface area contributed by atoms with Crippen LogP contribution in [-0.2, 0) is 11.2 Å². The molecule has 102 valence electrons. The molecular weight excluding hydrogens is 388 g/mol. The topological polar surface area (TPSA) is 66.9 Å². The number of amides is 1. The molecule has 0 spiro atoms. The van der Waals surface area contributed by atoms with Crippen LogP contribution >= 0.6 is 31.9 Å². The molecule has 0 bridgehead atoms. The van der Waals surface area contributed by atoms with Crippen molar-refractivity contribution in [3.8, 4) is 0 Å². The predicted molar refractivity (Wildman–Crippen MR) is 83.6 cm³/mol. The number of nitrogens with zero attached hydrogens (tertiary/aromatic N) is 2. The minimum Gasteiger partial charge on any atom is -0.373 e. The van der Waals surface area contributed by atoms with Gasteiger partial charge in [0.15, 0.2) is 5.82 Å². The normalized spacial score (nSPS) is 16.4. The van der Waals surface area contributed by atoms with Crippen LogP contribution in [0.2, 0.25) is 0 Å². The molecule has 20 heavy (non-hydrogen) atoms. The van der Waals surface area contributed by atoms with Crippen LogP contribution in [0, 0.1) is 0 Å². The average Bonchev–Trinajstić information content (AvgIpc) is 2.86. The van der Waals surface area contributed by atoms with Gasteiger partial charge >= 0.3 is 0 Å². The molecule has 7 heteroatoms. The van der Waals surface area contributed by atoms with Gasteiger partial charge in [-0.15, -0.1) is 0 Å². The van der Waals surface area contributed by atoms with Crippen LogP contribution in [0.25, 0.3) is 0 Å². The third kappa shape index (κ3) is 2.69. The number of nitrogens with one attached hydrogen (secondary N) is 2. The molecule has 1 aliphatic heterocycles. The molecule has 1 amide bonds. The number of halogens is 2. The molecule has 1 atom stereocenters. The van der Waals surface area contributed by atoms with Gasteiger partial charge in [0.1, 0.15) is 15.2 Å². The van der Waals surface area contributed by atoms with Crippen LogP contribution < -0.4 is 10.6 Å². The molecule has 0 radical (unpaired) electrons. The largest absolute Gasteiger partial charge is 0.373 e. The monoisotopic (exact) mass is 396 g/mol. The van der Waals surface area contributed by atoms with E-state index < -0.39 is 0 Å². The Morgan fingerprint density at radius 2 is 2.15 bits per heavy atom. The summed E-state index contributed by atoms with van der Waals surface area (Å²) in [5.74, 6) is 0.287. The van der Waals surface area contributed by atoms with Crippen molar-refractivity contribution in [2.45, 2.75) is 12.5 Å². The highest BCUT2D eigenvalue weighted by Gasteiger charge is 2.27. The standard InChI is InChI=1S/C13H10Br2N4O/c14-10-6-16-12(11(15)18-10)19-13(20)9-5-7-3-1-2-4-8(7)17-9/h1-4,6,9,17H,5H2,(H,16,19,20). The molecule has 2 N–H and O–H groups in total. The van der Waals surface area contributed by atoms with Crippen molar-refractivity contribution < 1.29 is 4.79 Å². The molecule has 0 aliphatic carbocycles. The molecule has 2 heterocycles. The van der Waals surface area contributed by atoms with E-state index in [1.165, 1.54) is 6.20 Å². The van der Waals surface area contributed by atoms with Gasteiger partial charge in [-0.05, 0) is 43.5 Å². The summed E-state index contributed by atoms with van der Waals surface area (Å²) in [6, 6.07) is 7.62. The first kappa shape index (κ1) is 13.5. The van der Waals surface area contributed by atoms with E-state index in [2.05, 4.69) is 52.5 Å². The smallest absolute Gasteiger partial charge is 0.248 e. The fourth-order valence-corrected chi connectivity index (χ4v) is 3.00. The molecule has 1 aromatic carbocycles. The molecule has 5 nitrogen and oxygen atoms in total. The lowest BCUT2D eigenvalue weighted by Gasteiger charge is -2.12. The Balaban J connectivity index is 1.72. The zero-order chi connectivity index (χ0) is 14.1. The quantitative estimate of drug-likeness (QED) is 0.817. The molecule has 1 unspecified atom stereocenters. The fourth-order valence-electron chi connectivity index (χ4n) is 2.09. The average molecular weight is 398 g/mol. The second-order valence-corrected chi connectivity index (χ2v) is 5.94. The third-order valence-corrected chi connectivity index (χ3v) is 3.96. The van der Waals surface area contributed by atoms with Crippen molar-refractivity contribution in [2.24, 2.45) is 0 Å². The Morgan fingerprint density at radius 3 is 2.90 bits per heavy atom. The maximum Gasteiger partial charge on any atom is 0.248 e. The third-order valence-electron chi connectivity index (χ3n) is 3.03. The van der Waals surface area contributed by atoms with Gasteiger partial charge in [-0.1, -0.05) is 18.2 Å². The summed E-state index contributed by atoms with van der Waals surface area (Å²) < 4.78 is 1.10. The fraction of sp³-hybridized carbons (Fsp3) is 0.154. The van der Waals surface area contributed by atoms with Gasteiger partial charge in [0.25, 0.3) is 0 Å². The molecule has 1 aromatic heterocycles. The second kappa shape index (κ2) is 5.49. The van der Waals surface area contributed by atoms with Crippen molar-refractivity contribution in [3.63, 3.8) is 0 Å². The van der Waals surface area contributed by atoms with Gasteiger partial charge in [-0.25, -0.2) is 9.97 Å². The van der Waals surface area contributed by atoms with E-state index in [0.717, 1.165) is 11.3 Å². The summed E-state index contributed by atoms with van der Waals surface area (Å²) in [6.45, 7) is 0. The summed E-state index contributed by atoms with van der Waals surface area (Å²) in [5.41, 5.74) is 2.15. The van der Waals surface area contributed by atoms with Gasteiger partial charge < -0.3 is 10.6 Å². The van der Waals surface area contributed by atoms with Gasteiger partial charge in [-0.3, -0.25) is 4.79 Å². The highest BCUT2D eigenvalue weighted by atomic mass is 79.9. The summed E-state index contributed by atoms with van der Waals surface area (Å²) in [6.07, 6.45) is 2.21. The summed E-state index contributed by atoms with van der Waals surface area (Å²) >= 11 is 6.49. The zero-order valence-corrected chi connectivity index (χ0v) is 13.4. The number of anilines is 2. The second-order valence-electron chi connectivity index (χ2n) is 4.38. The van der Waals surface area contributed by atoms with Crippen molar-refractivity contribution in [1.29, 1.82) is 0 Å². The number of aromatic nitrogens is 2. The van der Waals surface area contributed by atoms with Crippen LogP contribution in [-0.4, -0.2) is 21.9 Å². The maximum absolute atomic E-state index is 12.2. The van der Waals surface area contributed by atoms with E-state index in [9.17, 15) is 4.79 Å². The molecule has 2 aromatic rings. The van der Waals surface area contributed by atoms with E-state index in [4.69, 9.17) is 0 Å². The number of fused-ring (bicyclic) bond motifs is 1. The lowest BCUT2D eigenvalue weighted by molar-refractivity contribution is -0.116. The van der Waals surface area contributed by atoms with Gasteiger partial charge in [0.05, 0.1) is 6.20 Å². The summed E-state index contributed by atoms with van der Waals surface area (Å²) in [4.78, 5) is 20.5. The van der Waals surface area contributed by atoms with Crippen molar-refractivity contribution in [3.05, 3.63) is 45.2 Å². The Morgan fingerprint density at radius 1 is 1.35 bits per heavy atom. The van der Waals surface area contributed by atoms with Gasteiger partial charge in [0.2, 0.25) is 5.91 Å². The Hall–Kier alpha value is -1.47. The Kier molecular flexibility index (Phi) is 3.71. The van der Waals surface area contributed by atoms with Crippen molar-refractivity contribution in [1.82, 2.24) is 9.97 Å². The lowest BCUT2D eigenvalue weighted by Crippen LogP contribution is -2.33. The van der Waals surface area contributed by atoms with E-state index >= 15 is 0 Å². The van der Waals surface area contributed by atoms with Gasteiger partial charge in [-0.2, -0.15) is 0 Å². The van der Waals surface area contributed by atoms with Crippen LogP contribution in [0.4, 0.5) is 11.5 Å². The molecule has 0 saturated carbocycles. The molecule has 0 fully saturated rings. The molecule has 0 saturated heterocycles. The first-order valence-electron chi connectivity index (χ1n) is 5.97. The number of rotatable bonds is 2. The number of carbonyl (C=O) groups excluding carboxylic acids is 1. The van der Waals surface area contributed by atoms with Crippen LogP contribution in [0.1, 0.15) is 5.56 Å². The van der Waals surface area contributed by atoms with Crippen molar-refractivity contribution >= 4 is 49.3 Å². The molecule has 1 aliphatic rings. The van der Waals surface area contributed by atoms with Crippen LogP contribution in [0.5, 0.6) is 0 Å². The first-order chi connectivity index (χ1) is 9.63. The number of hydrogen-bond acceptors (Lipinski definition) is 4. The SMILES string of the molecule is O=C(Nc1ncc(Br)nc1Br)C1Cc2ccccc2N1. The van der Waals surface area contributed by atoms with Gasteiger partial charge in [0, 0.05) is 12.1 Å². The minimum absolute atomic E-state index is 0.126. The van der Waals surface area contributed by atoms with E-state index in [0.29, 0.717) is 21.4 Å². The first-order valence-corrected chi connectivity index (χ1v) is 7.55. The van der Waals surface area contributed by atoms with Crippen molar-refractivity contribution in [2.75, 3.05) is 10.6 Å². The Labute approximate surface area is 132 Å². The van der Waals surface area contributed by atoms with E-state index in [-0.39, 0.29) is 11.9 Å². The highest BCUT2D eigenvalue weighted by Crippen LogP contribution is 2.26. The minimum atomic E-state index is -0.287. The predicted octanol–water partition coefficient (Wildman–Crippen LogP) is 2.98. The summed E-state index contributed by atoms with van der Waals surface area (Å²) in [7, 11) is 0. The maximum atomic E-state index is 12.2. The van der Waals surface area contributed by atoms with E-state index in [1.807, 2.05) is 24.3 Å².